The summed E-state index contributed by atoms with van der Waals surface area (Å²) in [6, 6.07) is 9.83. The SMILES string of the molecule is COC(=O)c1ccc(OC(=O)[C@H](C)NC(=O)c2cccc([N+](=O)[O-])c2)cc1. The van der Waals surface area contributed by atoms with Crippen LogP contribution in [-0.4, -0.2) is 35.9 Å². The molecule has 0 spiro atoms. The molecule has 0 saturated carbocycles. The van der Waals surface area contributed by atoms with Crippen LogP contribution >= 0.6 is 0 Å². The van der Waals surface area contributed by atoms with Gasteiger partial charge in [-0.3, -0.25) is 14.9 Å². The first kappa shape index (κ1) is 19.6. The number of nitro benzene ring substituents is 1. The lowest BCUT2D eigenvalue weighted by Crippen LogP contribution is -2.40. The molecule has 0 radical (unpaired) electrons. The van der Waals surface area contributed by atoms with E-state index in [2.05, 4.69) is 10.1 Å². The van der Waals surface area contributed by atoms with Gasteiger partial charge in [-0.25, -0.2) is 9.59 Å². The van der Waals surface area contributed by atoms with Gasteiger partial charge in [0.05, 0.1) is 17.6 Å². The van der Waals surface area contributed by atoms with Gasteiger partial charge in [0.25, 0.3) is 11.6 Å². The number of amides is 1. The number of carbonyl (C=O) groups is 3. The molecule has 0 bridgehead atoms. The Kier molecular flexibility index (Phi) is 6.21. The maximum Gasteiger partial charge on any atom is 0.337 e. The van der Waals surface area contributed by atoms with Crippen molar-refractivity contribution in [2.45, 2.75) is 13.0 Å². The summed E-state index contributed by atoms with van der Waals surface area (Å²) in [6.07, 6.45) is 0. The van der Waals surface area contributed by atoms with Gasteiger partial charge in [0.2, 0.25) is 0 Å². The second-order valence-corrected chi connectivity index (χ2v) is 5.44. The van der Waals surface area contributed by atoms with Crippen molar-refractivity contribution in [1.29, 1.82) is 0 Å². The van der Waals surface area contributed by atoms with Crippen molar-refractivity contribution in [2.75, 3.05) is 7.11 Å². The number of non-ortho nitro benzene ring substituents is 1. The zero-order chi connectivity index (χ0) is 20.0. The number of benzene rings is 2. The number of rotatable bonds is 6. The molecule has 0 fully saturated rings. The molecule has 0 unspecified atom stereocenters. The summed E-state index contributed by atoms with van der Waals surface area (Å²) in [5, 5.41) is 13.2. The summed E-state index contributed by atoms with van der Waals surface area (Å²) < 4.78 is 9.70. The van der Waals surface area contributed by atoms with Crippen LogP contribution in [0, 0.1) is 10.1 Å². The van der Waals surface area contributed by atoms with E-state index in [1.54, 1.807) is 0 Å². The summed E-state index contributed by atoms with van der Waals surface area (Å²) in [5.74, 6) is -1.72. The highest BCUT2D eigenvalue weighted by Crippen LogP contribution is 2.15. The fraction of sp³-hybridized carbons (Fsp3) is 0.167. The molecule has 0 aliphatic heterocycles. The van der Waals surface area contributed by atoms with Crippen LogP contribution in [0.5, 0.6) is 5.75 Å². The molecule has 2 aromatic rings. The number of nitrogens with zero attached hydrogens (tertiary/aromatic N) is 1. The number of nitrogens with one attached hydrogen (secondary N) is 1. The molecule has 0 heterocycles. The minimum atomic E-state index is -1.00. The van der Waals surface area contributed by atoms with E-state index >= 15 is 0 Å². The molecule has 0 saturated heterocycles. The monoisotopic (exact) mass is 372 g/mol. The van der Waals surface area contributed by atoms with Crippen LogP contribution in [0.3, 0.4) is 0 Å². The van der Waals surface area contributed by atoms with E-state index in [0.717, 1.165) is 6.07 Å². The van der Waals surface area contributed by atoms with Crippen LogP contribution in [0.1, 0.15) is 27.6 Å². The molecule has 1 atom stereocenters. The fourth-order valence-electron chi connectivity index (χ4n) is 2.08. The highest BCUT2D eigenvalue weighted by molar-refractivity contribution is 5.97. The Hall–Kier alpha value is -3.75. The van der Waals surface area contributed by atoms with E-state index in [4.69, 9.17) is 4.74 Å². The molecule has 9 heteroatoms. The molecule has 9 nitrogen and oxygen atoms in total. The van der Waals surface area contributed by atoms with Crippen molar-refractivity contribution >= 4 is 23.5 Å². The van der Waals surface area contributed by atoms with Gasteiger partial charge < -0.3 is 14.8 Å². The van der Waals surface area contributed by atoms with Crippen molar-refractivity contribution in [3.8, 4) is 5.75 Å². The van der Waals surface area contributed by atoms with Crippen molar-refractivity contribution in [3.63, 3.8) is 0 Å². The first-order valence-electron chi connectivity index (χ1n) is 7.77. The lowest BCUT2D eigenvalue weighted by molar-refractivity contribution is -0.384. The molecule has 0 aromatic heterocycles. The molecule has 2 rings (SSSR count). The van der Waals surface area contributed by atoms with E-state index in [1.165, 1.54) is 56.5 Å². The summed E-state index contributed by atoms with van der Waals surface area (Å²) >= 11 is 0. The number of methoxy groups -OCH3 is 1. The van der Waals surface area contributed by atoms with Crippen LogP contribution in [0.2, 0.25) is 0 Å². The second kappa shape index (κ2) is 8.56. The normalized spacial score (nSPS) is 11.2. The number of nitro groups is 1. The van der Waals surface area contributed by atoms with E-state index in [9.17, 15) is 24.5 Å². The third-order valence-corrected chi connectivity index (χ3v) is 3.51. The predicted octanol–water partition coefficient (Wildman–Crippen LogP) is 2.11. The Balaban J connectivity index is 1.99. The molecule has 1 N–H and O–H groups in total. The first-order chi connectivity index (χ1) is 12.8. The zero-order valence-corrected chi connectivity index (χ0v) is 14.5. The molecular weight excluding hydrogens is 356 g/mol. The number of carbonyl (C=O) groups excluding carboxylic acids is 3. The van der Waals surface area contributed by atoms with Crippen molar-refractivity contribution in [2.24, 2.45) is 0 Å². The van der Waals surface area contributed by atoms with Crippen molar-refractivity contribution < 1.29 is 28.8 Å². The van der Waals surface area contributed by atoms with Gasteiger partial charge in [0.15, 0.2) is 0 Å². The molecule has 2 aromatic carbocycles. The highest BCUT2D eigenvalue weighted by Gasteiger charge is 2.20. The van der Waals surface area contributed by atoms with E-state index in [1.807, 2.05) is 0 Å². The maximum atomic E-state index is 12.1. The minimum absolute atomic E-state index is 0.0475. The third kappa shape index (κ3) is 5.11. The van der Waals surface area contributed by atoms with E-state index < -0.39 is 28.8 Å². The maximum absolute atomic E-state index is 12.1. The molecule has 0 aliphatic rings. The third-order valence-electron chi connectivity index (χ3n) is 3.51. The first-order valence-corrected chi connectivity index (χ1v) is 7.77. The van der Waals surface area contributed by atoms with Gasteiger partial charge in [0.1, 0.15) is 11.8 Å². The second-order valence-electron chi connectivity index (χ2n) is 5.44. The van der Waals surface area contributed by atoms with Crippen LogP contribution in [0.15, 0.2) is 48.5 Å². The average molecular weight is 372 g/mol. The quantitative estimate of drug-likeness (QED) is 0.356. The van der Waals surface area contributed by atoms with Crippen LogP contribution in [0.25, 0.3) is 0 Å². The van der Waals surface area contributed by atoms with Gasteiger partial charge in [0, 0.05) is 17.7 Å². The number of ether oxygens (including phenoxy) is 2. The largest absolute Gasteiger partial charge is 0.465 e. The number of hydrogen-bond donors (Lipinski definition) is 1. The summed E-state index contributed by atoms with van der Waals surface area (Å²) in [5.41, 5.74) is 0.110. The highest BCUT2D eigenvalue weighted by atomic mass is 16.6. The topological polar surface area (TPSA) is 125 Å². The van der Waals surface area contributed by atoms with Gasteiger partial charge in [-0.05, 0) is 37.3 Å². The van der Waals surface area contributed by atoms with Gasteiger partial charge >= 0.3 is 11.9 Å². The molecule has 1 amide bonds. The van der Waals surface area contributed by atoms with Gasteiger partial charge in [-0.1, -0.05) is 6.07 Å². The van der Waals surface area contributed by atoms with Crippen molar-refractivity contribution in [3.05, 3.63) is 69.8 Å². The standard InChI is InChI=1S/C18H16N2O7/c1-11(19-16(21)13-4-3-5-14(10-13)20(24)25)17(22)27-15-8-6-12(7-9-15)18(23)26-2/h3-11H,1-2H3,(H,19,21)/t11-/m0/s1. The fourth-order valence-corrected chi connectivity index (χ4v) is 2.08. The van der Waals surface area contributed by atoms with Crippen LogP contribution in [0.4, 0.5) is 5.69 Å². The lowest BCUT2D eigenvalue weighted by atomic mass is 10.2. The molecule has 0 aliphatic carbocycles. The summed E-state index contributed by atoms with van der Waals surface area (Å²) in [7, 11) is 1.25. The Morgan fingerprint density at radius 3 is 2.33 bits per heavy atom. The lowest BCUT2D eigenvalue weighted by Gasteiger charge is -2.13. The Morgan fingerprint density at radius 2 is 1.74 bits per heavy atom. The van der Waals surface area contributed by atoms with Crippen LogP contribution < -0.4 is 10.1 Å². The molecule has 27 heavy (non-hydrogen) atoms. The van der Waals surface area contributed by atoms with Gasteiger partial charge in [-0.2, -0.15) is 0 Å². The van der Waals surface area contributed by atoms with Crippen molar-refractivity contribution in [1.82, 2.24) is 5.32 Å². The number of esters is 2. The molecular formula is C18H16N2O7. The molecule has 140 valence electrons. The van der Waals surface area contributed by atoms with E-state index in [-0.39, 0.29) is 17.0 Å². The van der Waals surface area contributed by atoms with Crippen LogP contribution in [-0.2, 0) is 9.53 Å². The zero-order valence-electron chi connectivity index (χ0n) is 14.5. The summed E-state index contributed by atoms with van der Waals surface area (Å²) in [6.45, 7) is 1.42. The van der Waals surface area contributed by atoms with E-state index in [0.29, 0.717) is 5.56 Å². The Labute approximate surface area is 154 Å². The number of hydrogen-bond acceptors (Lipinski definition) is 7. The predicted molar refractivity (Wildman–Crippen MR) is 93.4 cm³/mol. The van der Waals surface area contributed by atoms with Gasteiger partial charge in [-0.15, -0.1) is 0 Å². The average Bonchev–Trinajstić information content (AvgIpc) is 2.67. The Morgan fingerprint density at radius 1 is 1.07 bits per heavy atom. The summed E-state index contributed by atoms with van der Waals surface area (Å²) in [4.78, 5) is 45.7. The minimum Gasteiger partial charge on any atom is -0.465 e. The smallest absolute Gasteiger partial charge is 0.337 e. The Bertz CT molecular complexity index is 878.